The molecule has 0 aromatic carbocycles. The van der Waals surface area contributed by atoms with Gasteiger partial charge in [-0.3, -0.25) is 9.78 Å². The lowest BCUT2D eigenvalue weighted by Gasteiger charge is -2.29. The maximum atomic E-state index is 12.9. The summed E-state index contributed by atoms with van der Waals surface area (Å²) in [6.07, 6.45) is 8.31. The fourth-order valence-corrected chi connectivity index (χ4v) is 3.41. The molecule has 0 atom stereocenters. The lowest BCUT2D eigenvalue weighted by molar-refractivity contribution is 0.0759. The summed E-state index contributed by atoms with van der Waals surface area (Å²) >= 11 is 0. The van der Waals surface area contributed by atoms with Gasteiger partial charge in [0.25, 0.3) is 5.91 Å². The standard InChI is InChI=1S/C17H23N3O3/c1-23-17(22)20-9-6-14-13(12-20)10-18-11-15(14)16(21)19-7-4-2-3-5-8-19/h10-11H,2-9,12H2,1H3. The molecule has 0 aliphatic carbocycles. The van der Waals surface area contributed by atoms with Crippen molar-refractivity contribution in [3.8, 4) is 0 Å². The summed E-state index contributed by atoms with van der Waals surface area (Å²) in [5, 5.41) is 0. The summed E-state index contributed by atoms with van der Waals surface area (Å²) in [4.78, 5) is 32.4. The molecule has 2 amide bonds. The van der Waals surface area contributed by atoms with E-state index in [4.69, 9.17) is 4.74 Å². The minimum Gasteiger partial charge on any atom is -0.453 e. The Morgan fingerprint density at radius 2 is 1.78 bits per heavy atom. The fraction of sp³-hybridized carbons (Fsp3) is 0.588. The lowest BCUT2D eigenvalue weighted by Crippen LogP contribution is -2.38. The molecular formula is C17H23N3O3. The van der Waals surface area contributed by atoms with Gasteiger partial charge in [-0.05, 0) is 30.4 Å². The van der Waals surface area contributed by atoms with Gasteiger partial charge >= 0.3 is 6.09 Å². The molecule has 0 N–H and O–H groups in total. The smallest absolute Gasteiger partial charge is 0.409 e. The number of rotatable bonds is 1. The molecule has 6 nitrogen and oxygen atoms in total. The molecule has 1 aromatic heterocycles. The molecule has 0 spiro atoms. The number of carbonyl (C=O) groups is 2. The number of fused-ring (bicyclic) bond motifs is 1. The van der Waals surface area contributed by atoms with E-state index in [-0.39, 0.29) is 12.0 Å². The van der Waals surface area contributed by atoms with Gasteiger partial charge in [0.15, 0.2) is 0 Å². The summed E-state index contributed by atoms with van der Waals surface area (Å²) in [5.41, 5.74) is 2.69. The Morgan fingerprint density at radius 1 is 1.04 bits per heavy atom. The normalized spacial score (nSPS) is 18.1. The van der Waals surface area contributed by atoms with Gasteiger partial charge in [0.1, 0.15) is 0 Å². The van der Waals surface area contributed by atoms with E-state index in [0.717, 1.165) is 37.1 Å². The SMILES string of the molecule is COC(=O)N1CCc2c(cncc2C(=O)N2CCCCCC2)C1. The monoisotopic (exact) mass is 317 g/mol. The van der Waals surface area contributed by atoms with E-state index >= 15 is 0 Å². The van der Waals surface area contributed by atoms with Gasteiger partial charge in [-0.15, -0.1) is 0 Å². The van der Waals surface area contributed by atoms with Crippen LogP contribution in [0, 0.1) is 0 Å². The van der Waals surface area contributed by atoms with E-state index in [9.17, 15) is 9.59 Å². The van der Waals surface area contributed by atoms with Crippen LogP contribution in [0.5, 0.6) is 0 Å². The van der Waals surface area contributed by atoms with Crippen molar-refractivity contribution in [1.29, 1.82) is 0 Å². The van der Waals surface area contributed by atoms with Gasteiger partial charge in [-0.2, -0.15) is 0 Å². The van der Waals surface area contributed by atoms with Crippen LogP contribution >= 0.6 is 0 Å². The van der Waals surface area contributed by atoms with Crippen molar-refractivity contribution in [2.45, 2.75) is 38.6 Å². The summed E-state index contributed by atoms with van der Waals surface area (Å²) in [7, 11) is 1.38. The van der Waals surface area contributed by atoms with E-state index < -0.39 is 0 Å². The second kappa shape index (κ2) is 6.98. The van der Waals surface area contributed by atoms with Crippen molar-refractivity contribution in [1.82, 2.24) is 14.8 Å². The van der Waals surface area contributed by atoms with Gasteiger partial charge < -0.3 is 14.5 Å². The van der Waals surface area contributed by atoms with Crippen molar-refractivity contribution < 1.29 is 14.3 Å². The zero-order chi connectivity index (χ0) is 16.2. The molecule has 124 valence electrons. The molecule has 3 rings (SSSR count). The molecule has 1 saturated heterocycles. The van der Waals surface area contributed by atoms with Gasteiger partial charge in [0, 0.05) is 32.0 Å². The zero-order valence-electron chi connectivity index (χ0n) is 13.6. The second-order valence-electron chi connectivity index (χ2n) is 6.17. The number of carbonyl (C=O) groups excluding carboxylic acids is 2. The van der Waals surface area contributed by atoms with Crippen LogP contribution in [0.3, 0.4) is 0 Å². The highest BCUT2D eigenvalue weighted by Crippen LogP contribution is 2.24. The van der Waals surface area contributed by atoms with Crippen LogP contribution in [0.2, 0.25) is 0 Å². The Labute approximate surface area is 136 Å². The molecule has 3 heterocycles. The van der Waals surface area contributed by atoms with Crippen LogP contribution in [0.25, 0.3) is 0 Å². The predicted octanol–water partition coefficient (Wildman–Crippen LogP) is 2.22. The van der Waals surface area contributed by atoms with Crippen LogP contribution in [0.4, 0.5) is 4.79 Å². The lowest BCUT2D eigenvalue weighted by atomic mass is 9.96. The maximum absolute atomic E-state index is 12.9. The van der Waals surface area contributed by atoms with E-state index in [1.807, 2.05) is 4.90 Å². The quantitative estimate of drug-likeness (QED) is 0.797. The van der Waals surface area contributed by atoms with Crippen LogP contribution in [0.1, 0.15) is 47.2 Å². The van der Waals surface area contributed by atoms with Crippen LogP contribution in [-0.4, -0.2) is 53.5 Å². The van der Waals surface area contributed by atoms with Crippen molar-refractivity contribution >= 4 is 12.0 Å². The molecule has 0 unspecified atom stereocenters. The first-order valence-electron chi connectivity index (χ1n) is 8.28. The second-order valence-corrected chi connectivity index (χ2v) is 6.17. The topological polar surface area (TPSA) is 62.7 Å². The van der Waals surface area contributed by atoms with Crippen molar-refractivity contribution in [3.63, 3.8) is 0 Å². The van der Waals surface area contributed by atoms with E-state index in [0.29, 0.717) is 25.1 Å². The number of nitrogens with zero attached hydrogens (tertiary/aromatic N) is 3. The predicted molar refractivity (Wildman–Crippen MR) is 85.1 cm³/mol. The number of aromatic nitrogens is 1. The molecule has 1 aromatic rings. The Balaban J connectivity index is 1.82. The molecule has 23 heavy (non-hydrogen) atoms. The minimum absolute atomic E-state index is 0.0859. The summed E-state index contributed by atoms with van der Waals surface area (Å²) in [5.74, 6) is 0.0859. The first-order valence-corrected chi connectivity index (χ1v) is 8.28. The van der Waals surface area contributed by atoms with Crippen LogP contribution < -0.4 is 0 Å². The number of amides is 2. The molecule has 2 aliphatic heterocycles. The molecule has 0 radical (unpaired) electrons. The van der Waals surface area contributed by atoms with Gasteiger partial charge in [0.2, 0.25) is 0 Å². The van der Waals surface area contributed by atoms with E-state index in [1.54, 1.807) is 17.3 Å². The summed E-state index contributed by atoms with van der Waals surface area (Å²) in [6, 6.07) is 0. The minimum atomic E-state index is -0.333. The number of hydrogen-bond acceptors (Lipinski definition) is 4. The highest BCUT2D eigenvalue weighted by Gasteiger charge is 2.27. The first-order chi connectivity index (χ1) is 11.2. The molecule has 0 bridgehead atoms. The Bertz CT molecular complexity index is 595. The third-order valence-corrected chi connectivity index (χ3v) is 4.70. The highest BCUT2D eigenvalue weighted by atomic mass is 16.5. The highest BCUT2D eigenvalue weighted by molar-refractivity contribution is 5.95. The van der Waals surface area contributed by atoms with Gasteiger partial charge in [-0.1, -0.05) is 12.8 Å². The Hall–Kier alpha value is -2.11. The Kier molecular flexibility index (Phi) is 4.79. The van der Waals surface area contributed by atoms with E-state index in [1.165, 1.54) is 20.0 Å². The average Bonchev–Trinajstić information content (AvgIpc) is 2.88. The summed E-state index contributed by atoms with van der Waals surface area (Å²) in [6.45, 7) is 2.69. The van der Waals surface area contributed by atoms with Crippen molar-refractivity contribution in [2.24, 2.45) is 0 Å². The number of pyridine rings is 1. The maximum Gasteiger partial charge on any atom is 0.409 e. The van der Waals surface area contributed by atoms with E-state index in [2.05, 4.69) is 4.98 Å². The van der Waals surface area contributed by atoms with Crippen molar-refractivity contribution in [3.05, 3.63) is 29.1 Å². The molecule has 1 fully saturated rings. The molecule has 0 saturated carbocycles. The van der Waals surface area contributed by atoms with Gasteiger partial charge in [-0.25, -0.2) is 4.79 Å². The fourth-order valence-electron chi connectivity index (χ4n) is 3.41. The zero-order valence-corrected chi connectivity index (χ0v) is 13.6. The third kappa shape index (κ3) is 3.30. The number of likely N-dealkylation sites (tertiary alicyclic amines) is 1. The van der Waals surface area contributed by atoms with Crippen LogP contribution in [-0.2, 0) is 17.7 Å². The van der Waals surface area contributed by atoms with Gasteiger partial charge in [0.05, 0.1) is 19.2 Å². The first kappa shape index (κ1) is 15.8. The molecular weight excluding hydrogens is 294 g/mol. The third-order valence-electron chi connectivity index (χ3n) is 4.70. The molecule has 6 heteroatoms. The Morgan fingerprint density at radius 3 is 2.48 bits per heavy atom. The molecule has 2 aliphatic rings. The average molecular weight is 317 g/mol. The number of hydrogen-bond donors (Lipinski definition) is 0. The van der Waals surface area contributed by atoms with Crippen LogP contribution in [0.15, 0.2) is 12.4 Å². The largest absolute Gasteiger partial charge is 0.453 e. The summed E-state index contributed by atoms with van der Waals surface area (Å²) < 4.78 is 4.78. The number of ether oxygens (including phenoxy) is 1. The number of methoxy groups -OCH3 is 1. The van der Waals surface area contributed by atoms with Crippen molar-refractivity contribution in [2.75, 3.05) is 26.7 Å².